The van der Waals surface area contributed by atoms with Crippen molar-refractivity contribution in [2.75, 3.05) is 36.4 Å². The van der Waals surface area contributed by atoms with E-state index in [1.54, 1.807) is 36.5 Å². The van der Waals surface area contributed by atoms with Crippen LogP contribution in [-0.4, -0.2) is 49.1 Å². The summed E-state index contributed by atoms with van der Waals surface area (Å²) >= 11 is 5.85. The molecule has 2 aromatic rings. The average Bonchev–Trinajstić information content (AvgIpc) is 3.21. The highest BCUT2D eigenvalue weighted by Crippen LogP contribution is 2.20. The van der Waals surface area contributed by atoms with Crippen LogP contribution in [0.5, 0.6) is 0 Å². The third kappa shape index (κ3) is 8.09. The summed E-state index contributed by atoms with van der Waals surface area (Å²) < 4.78 is 14.0. The van der Waals surface area contributed by atoms with E-state index in [1.807, 2.05) is 11.8 Å². The highest BCUT2D eigenvalue weighted by molar-refractivity contribution is 14.0. The zero-order valence-electron chi connectivity index (χ0n) is 18.0. The van der Waals surface area contributed by atoms with Gasteiger partial charge in [0, 0.05) is 55.5 Å². The molecule has 1 aromatic heterocycles. The summed E-state index contributed by atoms with van der Waals surface area (Å²) in [4.78, 5) is 22.7. The van der Waals surface area contributed by atoms with Crippen LogP contribution in [0.4, 0.5) is 15.9 Å². The zero-order chi connectivity index (χ0) is 22.1. The van der Waals surface area contributed by atoms with Crippen molar-refractivity contribution in [3.05, 3.63) is 53.4 Å². The van der Waals surface area contributed by atoms with Crippen LogP contribution in [-0.2, 0) is 4.79 Å². The number of anilines is 2. The number of rotatable bonds is 8. The molecular formula is C22H29ClFIN6O. The minimum atomic E-state index is -0.305. The number of carbonyl (C=O) groups is 1. The van der Waals surface area contributed by atoms with Gasteiger partial charge in [0.2, 0.25) is 5.91 Å². The van der Waals surface area contributed by atoms with Gasteiger partial charge in [-0.05, 0) is 56.2 Å². The summed E-state index contributed by atoms with van der Waals surface area (Å²) in [6, 6.07) is 10.2. The normalized spacial score (nSPS) is 15.8. The standard InChI is InChI=1S/C22H28ClFN6O.HI/c1-2-25-22(27-13-4-6-20(31)28-17-9-7-16(23)8-10-17)29-18-11-14-30(15-18)21-19(24)5-3-12-26-21;/h3,5,7-10,12,18H,2,4,6,11,13-15H2,1H3,(H,28,31)(H2,25,27,29);1H. The van der Waals surface area contributed by atoms with Gasteiger partial charge in [-0.2, -0.15) is 0 Å². The van der Waals surface area contributed by atoms with Gasteiger partial charge in [-0.15, -0.1) is 24.0 Å². The fourth-order valence-electron chi connectivity index (χ4n) is 3.38. The van der Waals surface area contributed by atoms with Crippen LogP contribution in [0.3, 0.4) is 0 Å². The number of nitrogens with one attached hydrogen (secondary N) is 3. The summed E-state index contributed by atoms with van der Waals surface area (Å²) in [5.41, 5.74) is 0.725. The van der Waals surface area contributed by atoms with E-state index in [2.05, 4.69) is 25.9 Å². The first kappa shape index (κ1) is 26.1. The van der Waals surface area contributed by atoms with Crippen LogP contribution in [0.1, 0.15) is 26.2 Å². The van der Waals surface area contributed by atoms with E-state index >= 15 is 0 Å². The fraction of sp³-hybridized carbons (Fsp3) is 0.409. The lowest BCUT2D eigenvalue weighted by molar-refractivity contribution is -0.116. The molecule has 32 heavy (non-hydrogen) atoms. The predicted molar refractivity (Wildman–Crippen MR) is 139 cm³/mol. The van der Waals surface area contributed by atoms with Gasteiger partial charge < -0.3 is 20.9 Å². The van der Waals surface area contributed by atoms with Gasteiger partial charge in [0.05, 0.1) is 0 Å². The highest BCUT2D eigenvalue weighted by Gasteiger charge is 2.25. The quantitative estimate of drug-likeness (QED) is 0.192. The molecule has 10 heteroatoms. The molecule has 3 rings (SSSR count). The molecule has 0 spiro atoms. The molecule has 1 aromatic carbocycles. The van der Waals surface area contributed by atoms with Crippen molar-refractivity contribution < 1.29 is 9.18 Å². The van der Waals surface area contributed by atoms with Crippen LogP contribution >= 0.6 is 35.6 Å². The van der Waals surface area contributed by atoms with E-state index in [0.717, 1.165) is 25.2 Å². The molecule has 1 aliphatic rings. The Bertz CT molecular complexity index is 898. The van der Waals surface area contributed by atoms with E-state index in [0.29, 0.717) is 42.7 Å². The van der Waals surface area contributed by atoms with Crippen molar-refractivity contribution in [3.8, 4) is 0 Å². The second-order valence-corrected chi connectivity index (χ2v) is 7.74. The Balaban J connectivity index is 0.00000363. The van der Waals surface area contributed by atoms with E-state index in [9.17, 15) is 9.18 Å². The monoisotopic (exact) mass is 574 g/mol. The number of pyridine rings is 1. The van der Waals surface area contributed by atoms with E-state index in [1.165, 1.54) is 6.07 Å². The van der Waals surface area contributed by atoms with Crippen molar-refractivity contribution in [3.63, 3.8) is 0 Å². The number of amides is 1. The Kier molecular flexibility index (Phi) is 10.9. The van der Waals surface area contributed by atoms with Crippen LogP contribution in [0.15, 0.2) is 47.6 Å². The number of carbonyl (C=O) groups excluding carboxylic acids is 1. The van der Waals surface area contributed by atoms with E-state index < -0.39 is 0 Å². The summed E-state index contributed by atoms with van der Waals surface area (Å²) in [6.07, 6.45) is 3.48. The smallest absolute Gasteiger partial charge is 0.224 e. The van der Waals surface area contributed by atoms with Crippen molar-refractivity contribution in [2.24, 2.45) is 4.99 Å². The second kappa shape index (κ2) is 13.4. The van der Waals surface area contributed by atoms with Gasteiger partial charge in [0.1, 0.15) is 0 Å². The number of halogens is 3. The SMILES string of the molecule is CCNC(=NCCCC(=O)Nc1ccc(Cl)cc1)NC1CCN(c2ncccc2F)C1.I. The third-order valence-corrected chi connectivity index (χ3v) is 5.12. The maximum absolute atomic E-state index is 14.0. The lowest BCUT2D eigenvalue weighted by atomic mass is 10.2. The third-order valence-electron chi connectivity index (χ3n) is 4.87. The topological polar surface area (TPSA) is 81.6 Å². The van der Waals surface area contributed by atoms with Crippen LogP contribution < -0.4 is 20.9 Å². The van der Waals surface area contributed by atoms with Crippen LogP contribution in [0.25, 0.3) is 0 Å². The Labute approximate surface area is 210 Å². The minimum absolute atomic E-state index is 0. The van der Waals surface area contributed by atoms with E-state index in [4.69, 9.17) is 11.6 Å². The molecule has 1 unspecified atom stereocenters. The molecule has 0 saturated carbocycles. The second-order valence-electron chi connectivity index (χ2n) is 7.30. The number of aromatic nitrogens is 1. The van der Waals surface area contributed by atoms with Crippen molar-refractivity contribution in [1.29, 1.82) is 0 Å². The Morgan fingerprint density at radius 1 is 1.31 bits per heavy atom. The Morgan fingerprint density at radius 2 is 2.09 bits per heavy atom. The lowest BCUT2D eigenvalue weighted by Crippen LogP contribution is -2.44. The molecular weight excluding hydrogens is 546 g/mol. The average molecular weight is 575 g/mol. The fourth-order valence-corrected chi connectivity index (χ4v) is 3.51. The molecule has 0 aliphatic carbocycles. The summed E-state index contributed by atoms with van der Waals surface area (Å²) in [6.45, 7) is 4.64. The summed E-state index contributed by atoms with van der Waals surface area (Å²) in [5, 5.41) is 10.1. The lowest BCUT2D eigenvalue weighted by Gasteiger charge is -2.19. The molecule has 2 heterocycles. The first-order valence-electron chi connectivity index (χ1n) is 10.5. The van der Waals surface area contributed by atoms with Gasteiger partial charge in [-0.3, -0.25) is 9.79 Å². The number of hydrogen-bond donors (Lipinski definition) is 3. The van der Waals surface area contributed by atoms with Gasteiger partial charge in [0.15, 0.2) is 17.6 Å². The predicted octanol–water partition coefficient (Wildman–Crippen LogP) is 4.04. The molecule has 1 atom stereocenters. The number of benzene rings is 1. The van der Waals surface area contributed by atoms with Crippen LogP contribution in [0, 0.1) is 5.82 Å². The molecule has 174 valence electrons. The maximum Gasteiger partial charge on any atom is 0.224 e. The van der Waals surface area contributed by atoms with E-state index in [-0.39, 0.29) is 41.7 Å². The van der Waals surface area contributed by atoms with Gasteiger partial charge in [-0.1, -0.05) is 11.6 Å². The van der Waals surface area contributed by atoms with Crippen LogP contribution in [0.2, 0.25) is 5.02 Å². The Morgan fingerprint density at radius 3 is 2.81 bits per heavy atom. The Hall–Kier alpha value is -2.14. The molecule has 1 saturated heterocycles. The molecule has 1 aliphatic heterocycles. The molecule has 7 nitrogen and oxygen atoms in total. The van der Waals surface area contributed by atoms with Crippen molar-refractivity contribution >= 4 is 58.9 Å². The van der Waals surface area contributed by atoms with Gasteiger partial charge in [0.25, 0.3) is 0 Å². The maximum atomic E-state index is 14.0. The summed E-state index contributed by atoms with van der Waals surface area (Å²) in [7, 11) is 0. The first-order chi connectivity index (χ1) is 15.0. The van der Waals surface area contributed by atoms with Gasteiger partial charge >= 0.3 is 0 Å². The zero-order valence-corrected chi connectivity index (χ0v) is 21.1. The van der Waals surface area contributed by atoms with Crippen molar-refractivity contribution in [2.45, 2.75) is 32.2 Å². The molecule has 0 radical (unpaired) electrons. The molecule has 1 amide bonds. The number of nitrogens with zero attached hydrogens (tertiary/aromatic N) is 3. The molecule has 1 fully saturated rings. The molecule has 0 bridgehead atoms. The van der Waals surface area contributed by atoms with Crippen molar-refractivity contribution in [1.82, 2.24) is 15.6 Å². The van der Waals surface area contributed by atoms with Gasteiger partial charge in [-0.25, -0.2) is 9.37 Å². The summed E-state index contributed by atoms with van der Waals surface area (Å²) in [5.74, 6) is 0.731. The first-order valence-corrected chi connectivity index (χ1v) is 10.9. The highest BCUT2D eigenvalue weighted by atomic mass is 127. The minimum Gasteiger partial charge on any atom is -0.357 e. The number of guanidine groups is 1. The largest absolute Gasteiger partial charge is 0.357 e. The number of hydrogen-bond acceptors (Lipinski definition) is 4. The molecule has 3 N–H and O–H groups in total. The number of aliphatic imine (C=N–C) groups is 1.